The fourth-order valence-corrected chi connectivity index (χ4v) is 4.34. The lowest BCUT2D eigenvalue weighted by Crippen LogP contribution is -2.43. The summed E-state index contributed by atoms with van der Waals surface area (Å²) in [5.74, 6) is -3.51. The molecule has 2 aliphatic rings. The average Bonchev–Trinajstić information content (AvgIpc) is 3.48. The summed E-state index contributed by atoms with van der Waals surface area (Å²) in [5, 5.41) is 22.0. The van der Waals surface area contributed by atoms with Crippen molar-refractivity contribution < 1.29 is 50.9 Å². The molecule has 4 rings (SSSR count). The highest BCUT2D eigenvalue weighted by molar-refractivity contribution is 7.07. The Bertz CT molecular complexity index is 954. The van der Waals surface area contributed by atoms with Crippen molar-refractivity contribution >= 4 is 29.2 Å². The lowest BCUT2D eigenvalue weighted by molar-refractivity contribution is -0.193. The van der Waals surface area contributed by atoms with Crippen molar-refractivity contribution in [2.24, 2.45) is 11.8 Å². The molecule has 2 saturated heterocycles. The van der Waals surface area contributed by atoms with Crippen molar-refractivity contribution in [3.63, 3.8) is 0 Å². The Morgan fingerprint density at radius 2 is 1.70 bits per heavy atom. The molecule has 16 heteroatoms. The third-order valence-electron chi connectivity index (χ3n) is 5.39. The molecule has 2 fully saturated rings. The molecule has 0 bridgehead atoms. The molecule has 2 aliphatic heterocycles. The van der Waals surface area contributed by atoms with Crippen LogP contribution in [0.4, 0.5) is 32.3 Å². The summed E-state index contributed by atoms with van der Waals surface area (Å²) in [4.78, 5) is 28.8. The van der Waals surface area contributed by atoms with Gasteiger partial charge in [-0.05, 0) is 47.3 Å². The first-order valence-corrected chi connectivity index (χ1v) is 11.7. The zero-order valence-corrected chi connectivity index (χ0v) is 19.9. The summed E-state index contributed by atoms with van der Waals surface area (Å²) in [6.07, 6.45) is -5.14. The van der Waals surface area contributed by atoms with E-state index < -0.39 is 24.3 Å². The molecule has 37 heavy (non-hydrogen) atoms. The van der Waals surface area contributed by atoms with Crippen LogP contribution in [0.3, 0.4) is 0 Å². The van der Waals surface area contributed by atoms with Crippen LogP contribution in [0, 0.1) is 11.8 Å². The van der Waals surface area contributed by atoms with E-state index in [-0.39, 0.29) is 6.10 Å². The number of halogens is 6. The number of nitrogens with zero attached hydrogens (tertiary/aromatic N) is 3. The van der Waals surface area contributed by atoms with Gasteiger partial charge in [-0.25, -0.2) is 19.6 Å². The Morgan fingerprint density at radius 3 is 2.22 bits per heavy atom. The maximum absolute atomic E-state index is 10.6. The summed E-state index contributed by atoms with van der Waals surface area (Å²) in [6.45, 7) is 5.07. The molecule has 0 aromatic carbocycles. The predicted molar refractivity (Wildman–Crippen MR) is 119 cm³/mol. The first-order chi connectivity index (χ1) is 17.3. The number of alkyl halides is 6. The molecule has 0 saturated carbocycles. The molecule has 0 spiro atoms. The number of carbonyl (C=O) groups is 2. The molecule has 3 atom stereocenters. The second-order valence-corrected chi connectivity index (χ2v) is 8.79. The summed E-state index contributed by atoms with van der Waals surface area (Å²) >= 11 is 1.78. The number of ether oxygens (including phenoxy) is 1. The van der Waals surface area contributed by atoms with Gasteiger partial charge in [-0.2, -0.15) is 37.7 Å². The van der Waals surface area contributed by atoms with E-state index in [0.717, 1.165) is 26.2 Å². The quantitative estimate of drug-likeness (QED) is 0.471. The van der Waals surface area contributed by atoms with E-state index in [4.69, 9.17) is 24.5 Å². The molecule has 0 radical (unpaired) electrons. The third-order valence-corrected chi connectivity index (χ3v) is 6.12. The Kier molecular flexibility index (Phi) is 11.1. The van der Waals surface area contributed by atoms with Gasteiger partial charge >= 0.3 is 24.3 Å². The Morgan fingerprint density at radius 1 is 1.11 bits per heavy atom. The summed E-state index contributed by atoms with van der Waals surface area (Å²) in [5.41, 5.74) is 1.43. The van der Waals surface area contributed by atoms with Gasteiger partial charge in [0.25, 0.3) is 0 Å². The second kappa shape index (κ2) is 13.5. The van der Waals surface area contributed by atoms with Gasteiger partial charge < -0.3 is 20.3 Å². The van der Waals surface area contributed by atoms with Crippen LogP contribution in [0.2, 0.25) is 0 Å². The molecular formula is C21H24F6N4O5S. The molecule has 0 unspecified atom stereocenters. The van der Waals surface area contributed by atoms with Crippen LogP contribution in [-0.2, 0) is 20.9 Å². The lowest BCUT2D eigenvalue weighted by atomic mass is 9.84. The van der Waals surface area contributed by atoms with E-state index in [2.05, 4.69) is 37.0 Å². The number of piperidine rings is 1. The molecule has 9 nitrogen and oxygen atoms in total. The molecular weight excluding hydrogens is 534 g/mol. The summed E-state index contributed by atoms with van der Waals surface area (Å²) in [6, 6.07) is 4.06. The molecule has 0 amide bonds. The molecule has 2 aromatic rings. The number of aliphatic carboxylic acids is 2. The van der Waals surface area contributed by atoms with Gasteiger partial charge in [0.05, 0.1) is 12.7 Å². The van der Waals surface area contributed by atoms with E-state index in [1.54, 1.807) is 23.7 Å². The van der Waals surface area contributed by atoms with Crippen molar-refractivity contribution in [1.82, 2.24) is 14.9 Å². The summed E-state index contributed by atoms with van der Waals surface area (Å²) < 4.78 is 69.5. The number of fused-ring (bicyclic) bond motifs is 1. The Balaban J connectivity index is 0.000000286. The minimum Gasteiger partial charge on any atom is -0.475 e. The fourth-order valence-electron chi connectivity index (χ4n) is 3.68. The van der Waals surface area contributed by atoms with Crippen molar-refractivity contribution in [3.8, 4) is 0 Å². The Hall–Kier alpha value is -2.98. The van der Waals surface area contributed by atoms with Gasteiger partial charge in [0.1, 0.15) is 0 Å². The number of carboxylic acids is 2. The monoisotopic (exact) mass is 558 g/mol. The normalized spacial score (nSPS) is 21.5. The topological polar surface area (TPSA) is 125 Å². The third kappa shape index (κ3) is 10.5. The minimum atomic E-state index is -5.08. The number of aromatic nitrogens is 2. The first-order valence-electron chi connectivity index (χ1n) is 10.7. The predicted octanol–water partition coefficient (Wildman–Crippen LogP) is 3.75. The highest BCUT2D eigenvalue weighted by atomic mass is 32.1. The molecule has 4 heterocycles. The fraction of sp³-hybridized carbons (Fsp3) is 0.524. The number of thiophene rings is 1. The van der Waals surface area contributed by atoms with Crippen LogP contribution in [0.1, 0.15) is 12.0 Å². The smallest absolute Gasteiger partial charge is 0.475 e. The van der Waals surface area contributed by atoms with Crippen molar-refractivity contribution in [2.45, 2.75) is 31.4 Å². The van der Waals surface area contributed by atoms with Crippen molar-refractivity contribution in [2.75, 3.05) is 31.6 Å². The number of rotatable bonds is 5. The standard InChI is InChI=1S/C17H22N4OS.2C2HF3O2/c1-4-18-17(19-5-1)20-8-16-15-10-21(6-2-14(15)11-22-16)9-13-3-7-23-12-13;2*3-2(4,5)1(6)7/h1,3-5,7,12,14-16H,2,6,8-11H2,(H,18,19,20);2*(H,6,7)/t14-,15-,16+;;/m0../s1. The number of carboxylic acid groups (broad SMARTS) is 2. The maximum Gasteiger partial charge on any atom is 0.490 e. The van der Waals surface area contributed by atoms with E-state index in [1.807, 2.05) is 6.07 Å². The van der Waals surface area contributed by atoms with Crippen LogP contribution >= 0.6 is 11.3 Å². The zero-order chi connectivity index (χ0) is 27.6. The maximum atomic E-state index is 10.6. The van der Waals surface area contributed by atoms with E-state index >= 15 is 0 Å². The number of likely N-dealkylation sites (tertiary alicyclic amines) is 1. The second-order valence-electron chi connectivity index (χ2n) is 8.01. The van der Waals surface area contributed by atoms with Crippen LogP contribution in [0.5, 0.6) is 0 Å². The first kappa shape index (κ1) is 30.2. The highest BCUT2D eigenvalue weighted by Crippen LogP contribution is 2.34. The lowest BCUT2D eigenvalue weighted by Gasteiger charge is -2.36. The molecule has 0 aliphatic carbocycles. The van der Waals surface area contributed by atoms with E-state index in [1.165, 1.54) is 18.5 Å². The SMILES string of the molecule is O=C(O)C(F)(F)F.O=C(O)C(F)(F)F.c1cnc(NC[C@H]2OC[C@@H]3CCN(Cc4ccsc4)C[C@@H]32)nc1. The molecule has 206 valence electrons. The van der Waals surface area contributed by atoms with Gasteiger partial charge in [0.2, 0.25) is 5.95 Å². The van der Waals surface area contributed by atoms with Crippen molar-refractivity contribution in [1.29, 1.82) is 0 Å². The van der Waals surface area contributed by atoms with E-state index in [0.29, 0.717) is 17.8 Å². The van der Waals surface area contributed by atoms with Crippen LogP contribution in [-0.4, -0.2) is 81.7 Å². The Labute approximate surface area is 211 Å². The van der Waals surface area contributed by atoms with Gasteiger partial charge in [-0.3, -0.25) is 4.90 Å². The van der Waals surface area contributed by atoms with Gasteiger partial charge in [-0.1, -0.05) is 0 Å². The highest BCUT2D eigenvalue weighted by Gasteiger charge is 2.41. The number of nitrogens with one attached hydrogen (secondary N) is 1. The average molecular weight is 559 g/mol. The van der Waals surface area contributed by atoms with Crippen LogP contribution in [0.25, 0.3) is 0 Å². The van der Waals surface area contributed by atoms with Crippen LogP contribution in [0.15, 0.2) is 35.3 Å². The number of hydrogen-bond donors (Lipinski definition) is 3. The largest absolute Gasteiger partial charge is 0.490 e. The number of anilines is 1. The van der Waals surface area contributed by atoms with Crippen LogP contribution < -0.4 is 5.32 Å². The molecule has 2 aromatic heterocycles. The summed E-state index contributed by atoms with van der Waals surface area (Å²) in [7, 11) is 0. The zero-order valence-electron chi connectivity index (χ0n) is 19.1. The van der Waals surface area contributed by atoms with Gasteiger partial charge in [-0.15, -0.1) is 0 Å². The number of hydrogen-bond acceptors (Lipinski definition) is 8. The van der Waals surface area contributed by atoms with Gasteiger partial charge in [0.15, 0.2) is 0 Å². The minimum absolute atomic E-state index is 0.258. The van der Waals surface area contributed by atoms with Gasteiger partial charge in [0, 0.05) is 37.9 Å². The molecule has 3 N–H and O–H groups in total. The van der Waals surface area contributed by atoms with E-state index in [9.17, 15) is 26.3 Å². The van der Waals surface area contributed by atoms with Crippen molar-refractivity contribution in [3.05, 3.63) is 40.8 Å².